The highest BCUT2D eigenvalue weighted by Crippen LogP contribution is 2.40. The number of rotatable bonds is 4. The molecule has 1 aromatic rings. The van der Waals surface area contributed by atoms with Crippen molar-refractivity contribution in [1.82, 2.24) is 4.90 Å². The zero-order valence-corrected chi connectivity index (χ0v) is 14.6. The molecular formula is C19H27NOS. The van der Waals surface area contributed by atoms with Gasteiger partial charge in [0.2, 0.25) is 5.91 Å². The van der Waals surface area contributed by atoms with E-state index in [0.717, 1.165) is 31.1 Å². The van der Waals surface area contributed by atoms with Gasteiger partial charge in [-0.25, -0.2) is 0 Å². The minimum Gasteiger partial charge on any atom is -0.326 e. The monoisotopic (exact) mass is 317 g/mol. The summed E-state index contributed by atoms with van der Waals surface area (Å²) in [5, 5.41) is 0.233. The number of amides is 1. The zero-order chi connectivity index (χ0) is 15.5. The van der Waals surface area contributed by atoms with Crippen molar-refractivity contribution in [2.24, 2.45) is 5.92 Å². The van der Waals surface area contributed by atoms with Gasteiger partial charge in [0.05, 0.1) is 0 Å². The molecule has 1 saturated carbocycles. The molecule has 0 spiro atoms. The predicted octanol–water partition coefficient (Wildman–Crippen LogP) is 4.85. The summed E-state index contributed by atoms with van der Waals surface area (Å²) in [6.07, 6.45) is 7.24. The maximum absolute atomic E-state index is 12.7. The molecule has 3 rings (SSSR count). The molecule has 0 aromatic heterocycles. The molecular weight excluding hydrogens is 290 g/mol. The third kappa shape index (κ3) is 3.51. The fourth-order valence-electron chi connectivity index (χ4n) is 3.86. The maximum atomic E-state index is 12.7. The molecule has 22 heavy (non-hydrogen) atoms. The van der Waals surface area contributed by atoms with E-state index in [1.165, 1.54) is 42.4 Å². The van der Waals surface area contributed by atoms with Gasteiger partial charge in [0.15, 0.2) is 0 Å². The third-order valence-corrected chi connectivity index (χ3v) is 6.39. The fraction of sp³-hybridized carbons (Fsp3) is 0.632. The first-order chi connectivity index (χ1) is 10.6. The highest BCUT2D eigenvalue weighted by Gasteiger charge is 2.31. The van der Waals surface area contributed by atoms with Crippen LogP contribution in [0.3, 0.4) is 0 Å². The summed E-state index contributed by atoms with van der Waals surface area (Å²) in [6.45, 7) is 5.21. The first kappa shape index (κ1) is 15.9. The minimum absolute atomic E-state index is 0.233. The maximum Gasteiger partial charge on any atom is 0.223 e. The summed E-state index contributed by atoms with van der Waals surface area (Å²) in [4.78, 5) is 14.8. The first-order valence-electron chi connectivity index (χ1n) is 8.63. The van der Waals surface area contributed by atoms with Gasteiger partial charge in [-0.15, -0.1) is 11.8 Å². The first-order valence-corrected chi connectivity index (χ1v) is 9.68. The van der Waals surface area contributed by atoms with E-state index < -0.39 is 0 Å². The Labute approximate surface area is 138 Å². The Morgan fingerprint density at radius 3 is 2.77 bits per heavy atom. The molecule has 0 N–H and O–H groups in total. The lowest BCUT2D eigenvalue weighted by atomic mass is 10.0. The number of aryl methyl sites for hydroxylation is 2. The third-order valence-electron chi connectivity index (χ3n) is 5.14. The molecule has 1 heterocycles. The van der Waals surface area contributed by atoms with Crippen molar-refractivity contribution in [1.29, 1.82) is 0 Å². The largest absolute Gasteiger partial charge is 0.326 e. The summed E-state index contributed by atoms with van der Waals surface area (Å²) >= 11 is 1.92. The number of hydrogen-bond acceptors (Lipinski definition) is 2. The Kier molecular flexibility index (Phi) is 5.12. The Morgan fingerprint density at radius 1 is 1.27 bits per heavy atom. The highest BCUT2D eigenvalue weighted by molar-refractivity contribution is 7.99. The van der Waals surface area contributed by atoms with E-state index in [1.54, 1.807) is 0 Å². The molecule has 3 heteroatoms. The van der Waals surface area contributed by atoms with E-state index in [-0.39, 0.29) is 5.37 Å². The summed E-state index contributed by atoms with van der Waals surface area (Å²) in [6, 6.07) is 6.61. The lowest BCUT2D eigenvalue weighted by Gasteiger charge is -2.26. The number of thioether (sulfide) groups is 1. The summed E-state index contributed by atoms with van der Waals surface area (Å²) in [5.41, 5.74) is 3.93. The molecule has 2 fully saturated rings. The van der Waals surface area contributed by atoms with E-state index in [0.29, 0.717) is 5.91 Å². The lowest BCUT2D eigenvalue weighted by molar-refractivity contribution is -0.131. The van der Waals surface area contributed by atoms with Crippen LogP contribution in [0.5, 0.6) is 0 Å². The summed E-state index contributed by atoms with van der Waals surface area (Å²) < 4.78 is 0. The zero-order valence-electron chi connectivity index (χ0n) is 13.8. The van der Waals surface area contributed by atoms with Crippen LogP contribution < -0.4 is 0 Å². The van der Waals surface area contributed by atoms with Crippen molar-refractivity contribution < 1.29 is 4.79 Å². The SMILES string of the molecule is Cc1ccc(C2SCCN2C(=O)CCC2CCCC2)c(C)c1. The molecule has 0 bridgehead atoms. The number of nitrogens with zero attached hydrogens (tertiary/aromatic N) is 1. The van der Waals surface area contributed by atoms with E-state index in [1.807, 2.05) is 11.8 Å². The quantitative estimate of drug-likeness (QED) is 0.791. The van der Waals surface area contributed by atoms with E-state index >= 15 is 0 Å². The predicted molar refractivity (Wildman–Crippen MR) is 94.0 cm³/mol. The van der Waals surface area contributed by atoms with Gasteiger partial charge < -0.3 is 4.90 Å². The standard InChI is InChI=1S/C19H27NOS/c1-14-7-9-17(15(2)13-14)19-20(11-12-22-19)18(21)10-8-16-5-3-4-6-16/h7,9,13,16,19H,3-6,8,10-12H2,1-2H3. The van der Waals surface area contributed by atoms with Gasteiger partial charge in [0.1, 0.15) is 5.37 Å². The molecule has 1 saturated heterocycles. The van der Waals surface area contributed by atoms with E-state index in [9.17, 15) is 4.79 Å². The van der Waals surface area contributed by atoms with Gasteiger partial charge in [0, 0.05) is 18.7 Å². The Balaban J connectivity index is 1.65. The molecule has 2 nitrogen and oxygen atoms in total. The fourth-order valence-corrected chi connectivity index (χ4v) is 5.23. The van der Waals surface area contributed by atoms with Crippen LogP contribution in [0.15, 0.2) is 18.2 Å². The second-order valence-electron chi connectivity index (χ2n) is 6.86. The Hall–Kier alpha value is -0.960. The van der Waals surface area contributed by atoms with Crippen LogP contribution in [0.1, 0.15) is 60.6 Å². The second-order valence-corrected chi connectivity index (χ2v) is 8.05. The van der Waals surface area contributed by atoms with Crippen molar-refractivity contribution in [3.8, 4) is 0 Å². The molecule has 1 atom stereocenters. The highest BCUT2D eigenvalue weighted by atomic mass is 32.2. The van der Waals surface area contributed by atoms with Crippen molar-refractivity contribution in [3.05, 3.63) is 34.9 Å². The average Bonchev–Trinajstić information content (AvgIpc) is 3.16. The van der Waals surface area contributed by atoms with Gasteiger partial charge in [0.25, 0.3) is 0 Å². The van der Waals surface area contributed by atoms with Crippen molar-refractivity contribution in [3.63, 3.8) is 0 Å². The molecule has 1 aliphatic heterocycles. The van der Waals surface area contributed by atoms with Crippen LogP contribution in [-0.4, -0.2) is 23.1 Å². The number of carbonyl (C=O) groups is 1. The molecule has 1 amide bonds. The summed E-state index contributed by atoms with van der Waals surface area (Å²) in [7, 11) is 0. The molecule has 1 unspecified atom stereocenters. The molecule has 1 aliphatic carbocycles. The number of carbonyl (C=O) groups excluding carboxylic acids is 1. The van der Waals surface area contributed by atoms with Gasteiger partial charge in [-0.1, -0.05) is 49.4 Å². The Bertz CT molecular complexity index is 536. The molecule has 120 valence electrons. The van der Waals surface area contributed by atoms with Crippen molar-refractivity contribution in [2.75, 3.05) is 12.3 Å². The number of hydrogen-bond donors (Lipinski definition) is 0. The smallest absolute Gasteiger partial charge is 0.223 e. The number of benzene rings is 1. The van der Waals surface area contributed by atoms with E-state index in [2.05, 4.69) is 36.9 Å². The van der Waals surface area contributed by atoms with Gasteiger partial charge in [-0.05, 0) is 37.3 Å². The summed E-state index contributed by atoms with van der Waals surface area (Å²) in [5.74, 6) is 2.23. The van der Waals surface area contributed by atoms with Crippen molar-refractivity contribution >= 4 is 17.7 Å². The van der Waals surface area contributed by atoms with Crippen LogP contribution in [0.25, 0.3) is 0 Å². The van der Waals surface area contributed by atoms with Crippen LogP contribution >= 0.6 is 11.8 Å². The molecule has 0 radical (unpaired) electrons. The van der Waals surface area contributed by atoms with Crippen LogP contribution in [0, 0.1) is 19.8 Å². The molecule has 2 aliphatic rings. The van der Waals surface area contributed by atoms with E-state index in [4.69, 9.17) is 0 Å². The average molecular weight is 317 g/mol. The van der Waals surface area contributed by atoms with Crippen LogP contribution in [-0.2, 0) is 4.79 Å². The normalized spacial score (nSPS) is 22.5. The van der Waals surface area contributed by atoms with Crippen molar-refractivity contribution in [2.45, 2.75) is 57.7 Å². The molecule has 1 aromatic carbocycles. The van der Waals surface area contributed by atoms with Gasteiger partial charge in [-0.3, -0.25) is 4.79 Å². The van der Waals surface area contributed by atoms with Gasteiger partial charge >= 0.3 is 0 Å². The van der Waals surface area contributed by atoms with Gasteiger partial charge in [-0.2, -0.15) is 0 Å². The second kappa shape index (κ2) is 7.08. The van der Waals surface area contributed by atoms with Crippen LogP contribution in [0.2, 0.25) is 0 Å². The minimum atomic E-state index is 0.233. The Morgan fingerprint density at radius 2 is 2.05 bits per heavy atom. The van der Waals surface area contributed by atoms with Crippen LogP contribution in [0.4, 0.5) is 0 Å². The topological polar surface area (TPSA) is 20.3 Å². The lowest BCUT2D eigenvalue weighted by Crippen LogP contribution is -2.30.